The average Bonchev–Trinajstić information content (AvgIpc) is 2.87. The predicted octanol–water partition coefficient (Wildman–Crippen LogP) is -0.475. The van der Waals surface area contributed by atoms with Crippen molar-refractivity contribution in [2.45, 2.75) is 44.2 Å². The highest BCUT2D eigenvalue weighted by Crippen LogP contribution is 2.20. The van der Waals surface area contributed by atoms with Crippen LogP contribution in [0, 0.1) is 0 Å². The summed E-state index contributed by atoms with van der Waals surface area (Å²) in [7, 11) is -2.86. The molecule has 0 amide bonds. The summed E-state index contributed by atoms with van der Waals surface area (Å²) in [4.78, 5) is 4.48. The second-order valence-electron chi connectivity index (χ2n) is 4.80. The van der Waals surface area contributed by atoms with Gasteiger partial charge in [0.25, 0.3) is 0 Å². The normalized spacial score (nSPS) is 29.5. The molecule has 17 heavy (non-hydrogen) atoms. The van der Waals surface area contributed by atoms with Crippen molar-refractivity contribution in [2.24, 2.45) is 10.8 Å². The van der Waals surface area contributed by atoms with Crippen molar-refractivity contribution >= 4 is 15.8 Å². The highest BCUT2D eigenvalue weighted by Gasteiger charge is 2.28. The largest absolute Gasteiger partial charge is 0.352 e. The minimum atomic E-state index is -2.86. The molecule has 1 saturated carbocycles. The van der Waals surface area contributed by atoms with Gasteiger partial charge in [-0.25, -0.2) is 19.3 Å². The van der Waals surface area contributed by atoms with Gasteiger partial charge in [0.05, 0.1) is 17.5 Å². The number of nitrogens with two attached hydrogens (primary N) is 1. The molecule has 2 fully saturated rings. The summed E-state index contributed by atoms with van der Waals surface area (Å²) in [6.07, 6.45) is 5.24. The van der Waals surface area contributed by atoms with Gasteiger partial charge in [-0.3, -0.25) is 5.43 Å². The number of hydrogen-bond donors (Lipinski definition) is 3. The molecule has 1 aliphatic heterocycles. The van der Waals surface area contributed by atoms with Crippen LogP contribution < -0.4 is 16.6 Å². The molecule has 0 bridgehead atoms. The van der Waals surface area contributed by atoms with E-state index in [2.05, 4.69) is 15.7 Å². The summed E-state index contributed by atoms with van der Waals surface area (Å²) >= 11 is 0. The first-order valence-electron chi connectivity index (χ1n) is 6.10. The lowest BCUT2D eigenvalue weighted by molar-refractivity contribution is 0.599. The van der Waals surface area contributed by atoms with E-state index in [-0.39, 0.29) is 17.5 Å². The van der Waals surface area contributed by atoms with E-state index in [1.807, 2.05) is 0 Å². The van der Waals surface area contributed by atoms with Gasteiger partial charge in [0.2, 0.25) is 5.96 Å². The van der Waals surface area contributed by atoms with Crippen LogP contribution in [0.15, 0.2) is 4.99 Å². The molecule has 0 radical (unpaired) electrons. The number of aliphatic imine (C=N–C) groups is 1. The van der Waals surface area contributed by atoms with Crippen LogP contribution in [0.3, 0.4) is 0 Å². The standard InChI is InChI=1S/C10H20N4O2S/c11-14-10(12-8-3-1-2-4-8)13-9-5-6-17(15,16)7-9/h8-9H,1-7,11H2,(H2,12,13,14). The first-order chi connectivity index (χ1) is 8.09. The van der Waals surface area contributed by atoms with Crippen LogP contribution in [0.25, 0.3) is 0 Å². The molecule has 1 atom stereocenters. The van der Waals surface area contributed by atoms with E-state index in [9.17, 15) is 8.42 Å². The monoisotopic (exact) mass is 260 g/mol. The molecule has 2 rings (SSSR count). The second-order valence-corrected chi connectivity index (χ2v) is 7.03. The molecule has 1 saturated heterocycles. The van der Waals surface area contributed by atoms with E-state index in [0.717, 1.165) is 12.8 Å². The second kappa shape index (κ2) is 5.22. The third kappa shape index (κ3) is 3.57. The van der Waals surface area contributed by atoms with Crippen LogP contribution in [0.1, 0.15) is 32.1 Å². The zero-order valence-electron chi connectivity index (χ0n) is 9.85. The van der Waals surface area contributed by atoms with Gasteiger partial charge >= 0.3 is 0 Å². The average molecular weight is 260 g/mol. The maximum atomic E-state index is 11.3. The summed E-state index contributed by atoms with van der Waals surface area (Å²) in [6.45, 7) is 0. The maximum Gasteiger partial charge on any atom is 0.206 e. The highest BCUT2D eigenvalue weighted by molar-refractivity contribution is 7.91. The van der Waals surface area contributed by atoms with Crippen LogP contribution >= 0.6 is 0 Å². The molecular formula is C10H20N4O2S. The lowest BCUT2D eigenvalue weighted by Crippen LogP contribution is -2.47. The van der Waals surface area contributed by atoms with Crippen molar-refractivity contribution in [3.63, 3.8) is 0 Å². The van der Waals surface area contributed by atoms with E-state index in [0.29, 0.717) is 18.4 Å². The third-order valence-corrected chi connectivity index (χ3v) is 5.11. The van der Waals surface area contributed by atoms with Crippen molar-refractivity contribution in [3.05, 3.63) is 0 Å². The van der Waals surface area contributed by atoms with Crippen molar-refractivity contribution in [1.29, 1.82) is 0 Å². The Balaban J connectivity index is 1.91. The van der Waals surface area contributed by atoms with Gasteiger partial charge < -0.3 is 5.32 Å². The molecule has 7 heteroatoms. The number of rotatable bonds is 2. The number of hydrazine groups is 1. The van der Waals surface area contributed by atoms with Crippen molar-refractivity contribution in [3.8, 4) is 0 Å². The van der Waals surface area contributed by atoms with Crippen LogP contribution in [-0.4, -0.2) is 38.0 Å². The van der Waals surface area contributed by atoms with E-state index >= 15 is 0 Å². The number of nitrogens with one attached hydrogen (secondary N) is 2. The Morgan fingerprint density at radius 1 is 1.24 bits per heavy atom. The minimum Gasteiger partial charge on any atom is -0.352 e. The number of hydrogen-bond acceptors (Lipinski definition) is 4. The van der Waals surface area contributed by atoms with Gasteiger partial charge in [-0.05, 0) is 19.3 Å². The molecule has 6 nitrogen and oxygen atoms in total. The topological polar surface area (TPSA) is 96.6 Å². The third-order valence-electron chi connectivity index (χ3n) is 3.35. The number of nitrogens with zero attached hydrogens (tertiary/aromatic N) is 1. The number of sulfone groups is 1. The summed E-state index contributed by atoms with van der Waals surface area (Å²) < 4.78 is 22.6. The van der Waals surface area contributed by atoms with Crippen molar-refractivity contribution < 1.29 is 8.42 Å². The van der Waals surface area contributed by atoms with Crippen LogP contribution in [0.5, 0.6) is 0 Å². The Hall–Kier alpha value is -0.820. The van der Waals surface area contributed by atoms with Gasteiger partial charge in [0.15, 0.2) is 9.84 Å². The van der Waals surface area contributed by atoms with E-state index in [1.165, 1.54) is 12.8 Å². The van der Waals surface area contributed by atoms with Crippen LogP contribution in [-0.2, 0) is 9.84 Å². The molecule has 1 heterocycles. The molecule has 98 valence electrons. The minimum absolute atomic E-state index is 0.0591. The SMILES string of the molecule is NNC(=NC1CCCC1)NC1CCS(=O)(=O)C1. The fourth-order valence-corrected chi connectivity index (χ4v) is 4.11. The lowest BCUT2D eigenvalue weighted by Gasteiger charge is -2.15. The number of guanidine groups is 1. The first kappa shape index (κ1) is 12.6. The molecule has 2 aliphatic rings. The molecule has 0 aromatic carbocycles. The van der Waals surface area contributed by atoms with E-state index in [4.69, 9.17) is 5.84 Å². The van der Waals surface area contributed by atoms with Crippen LogP contribution in [0.2, 0.25) is 0 Å². The van der Waals surface area contributed by atoms with Gasteiger partial charge in [0.1, 0.15) is 0 Å². The first-order valence-corrected chi connectivity index (χ1v) is 7.92. The molecule has 1 unspecified atom stereocenters. The fourth-order valence-electron chi connectivity index (χ4n) is 2.43. The molecule has 0 spiro atoms. The quantitative estimate of drug-likeness (QED) is 0.270. The zero-order chi connectivity index (χ0) is 12.3. The fraction of sp³-hybridized carbons (Fsp3) is 0.900. The molecule has 1 aliphatic carbocycles. The van der Waals surface area contributed by atoms with Gasteiger partial charge in [-0.15, -0.1) is 0 Å². The van der Waals surface area contributed by atoms with Gasteiger partial charge in [0, 0.05) is 6.04 Å². The molecule has 0 aromatic rings. The van der Waals surface area contributed by atoms with E-state index in [1.54, 1.807) is 0 Å². The summed E-state index contributed by atoms with van der Waals surface area (Å²) in [6, 6.07) is 0.266. The Bertz CT molecular complexity index is 387. The predicted molar refractivity (Wildman–Crippen MR) is 67.2 cm³/mol. The summed E-state index contributed by atoms with van der Waals surface area (Å²) in [5.41, 5.74) is 2.53. The van der Waals surface area contributed by atoms with Crippen LogP contribution in [0.4, 0.5) is 0 Å². The van der Waals surface area contributed by atoms with E-state index < -0.39 is 9.84 Å². The zero-order valence-corrected chi connectivity index (χ0v) is 10.7. The molecule has 4 N–H and O–H groups in total. The van der Waals surface area contributed by atoms with Crippen molar-refractivity contribution in [2.75, 3.05) is 11.5 Å². The Morgan fingerprint density at radius 3 is 2.47 bits per heavy atom. The maximum absolute atomic E-state index is 11.3. The summed E-state index contributed by atoms with van der Waals surface area (Å²) in [5.74, 6) is 6.37. The highest BCUT2D eigenvalue weighted by atomic mass is 32.2. The summed E-state index contributed by atoms with van der Waals surface area (Å²) in [5, 5.41) is 3.08. The van der Waals surface area contributed by atoms with Crippen molar-refractivity contribution in [1.82, 2.24) is 10.7 Å². The Labute approximate surface area is 102 Å². The molecular weight excluding hydrogens is 240 g/mol. The Morgan fingerprint density at radius 2 is 1.94 bits per heavy atom. The van der Waals surface area contributed by atoms with Gasteiger partial charge in [-0.2, -0.15) is 0 Å². The van der Waals surface area contributed by atoms with Gasteiger partial charge in [-0.1, -0.05) is 12.8 Å². The smallest absolute Gasteiger partial charge is 0.206 e. The lowest BCUT2D eigenvalue weighted by atomic mass is 10.2. The molecule has 0 aromatic heterocycles. The Kier molecular flexibility index (Phi) is 3.88.